The molecule has 4 nitrogen and oxygen atoms in total. The van der Waals surface area contributed by atoms with E-state index in [1.807, 2.05) is 0 Å². The van der Waals surface area contributed by atoms with E-state index in [1.165, 1.54) is 25.3 Å². The molecule has 26 heavy (non-hydrogen) atoms. The van der Waals surface area contributed by atoms with Gasteiger partial charge in [0.15, 0.2) is 0 Å². The Morgan fingerprint density at radius 1 is 1.12 bits per heavy atom. The number of aromatic nitrogens is 2. The topological polar surface area (TPSA) is 48.2 Å². The number of ether oxygens (including phenoxy) is 1. The van der Waals surface area contributed by atoms with Gasteiger partial charge in [-0.25, -0.2) is 0 Å². The zero-order valence-electron chi connectivity index (χ0n) is 13.4. The van der Waals surface area contributed by atoms with E-state index in [2.05, 4.69) is 10.1 Å². The van der Waals surface area contributed by atoms with Gasteiger partial charge in [0.25, 0.3) is 5.89 Å². The third-order valence-electron chi connectivity index (χ3n) is 3.51. The molecule has 0 N–H and O–H groups in total. The lowest BCUT2D eigenvalue weighted by molar-refractivity contribution is -0.137. The Labute approximate surface area is 151 Å². The third-order valence-corrected chi connectivity index (χ3v) is 3.78. The molecule has 3 aromatic rings. The van der Waals surface area contributed by atoms with Crippen LogP contribution in [0.2, 0.25) is 0 Å². The summed E-state index contributed by atoms with van der Waals surface area (Å²) in [4.78, 5) is 4.20. The van der Waals surface area contributed by atoms with Gasteiger partial charge in [-0.3, -0.25) is 0 Å². The lowest BCUT2D eigenvalue weighted by Crippen LogP contribution is -2.03. The SMILES string of the molecule is COc1ccccc1-c1noc(/C(Cl)=C/c2ccc(C(F)(F)F)cc2)n1. The van der Waals surface area contributed by atoms with Gasteiger partial charge in [-0.2, -0.15) is 18.2 Å². The number of benzene rings is 2. The molecule has 1 heterocycles. The Morgan fingerprint density at radius 3 is 2.46 bits per heavy atom. The fraction of sp³-hybridized carbons (Fsp3) is 0.111. The summed E-state index contributed by atoms with van der Waals surface area (Å²) in [6.07, 6.45) is -2.94. The maximum absolute atomic E-state index is 12.6. The number of hydrogen-bond acceptors (Lipinski definition) is 4. The molecule has 0 aliphatic heterocycles. The van der Waals surface area contributed by atoms with E-state index in [0.29, 0.717) is 16.9 Å². The first-order valence-electron chi connectivity index (χ1n) is 7.40. The molecule has 1 aromatic heterocycles. The number of alkyl halides is 3. The molecule has 0 unspecified atom stereocenters. The van der Waals surface area contributed by atoms with Crippen molar-refractivity contribution in [2.24, 2.45) is 0 Å². The summed E-state index contributed by atoms with van der Waals surface area (Å²) in [7, 11) is 1.53. The van der Waals surface area contributed by atoms with Gasteiger partial charge in [-0.1, -0.05) is 41.0 Å². The molecule has 0 aliphatic rings. The quantitative estimate of drug-likeness (QED) is 0.599. The molecular formula is C18H12ClF3N2O2. The van der Waals surface area contributed by atoms with Crippen molar-refractivity contribution in [1.82, 2.24) is 10.1 Å². The Hall–Kier alpha value is -2.80. The fourth-order valence-corrected chi connectivity index (χ4v) is 2.44. The Bertz CT molecular complexity index is 934. The van der Waals surface area contributed by atoms with Crippen LogP contribution in [0.4, 0.5) is 13.2 Å². The van der Waals surface area contributed by atoms with E-state index >= 15 is 0 Å². The standard InChI is InChI=1S/C18H12ClF3N2O2/c1-25-15-5-3-2-4-13(15)16-23-17(26-24-16)14(19)10-11-6-8-12(9-7-11)18(20,21)22/h2-10H,1H3/b14-10-. The molecule has 0 fully saturated rings. The van der Waals surface area contributed by atoms with Crippen molar-refractivity contribution in [3.8, 4) is 17.1 Å². The predicted molar refractivity (Wildman–Crippen MR) is 91.5 cm³/mol. The average Bonchev–Trinajstić information content (AvgIpc) is 3.11. The summed E-state index contributed by atoms with van der Waals surface area (Å²) in [5.41, 5.74) is 0.367. The number of halogens is 4. The number of hydrogen-bond donors (Lipinski definition) is 0. The van der Waals surface area contributed by atoms with Crippen LogP contribution in [0.15, 0.2) is 53.1 Å². The van der Waals surface area contributed by atoms with E-state index in [0.717, 1.165) is 12.1 Å². The van der Waals surface area contributed by atoms with Crippen LogP contribution in [0.3, 0.4) is 0 Å². The van der Waals surface area contributed by atoms with Gasteiger partial charge >= 0.3 is 6.18 Å². The number of para-hydroxylation sites is 1. The van der Waals surface area contributed by atoms with Crippen molar-refractivity contribution < 1.29 is 22.4 Å². The van der Waals surface area contributed by atoms with Crippen LogP contribution in [0.1, 0.15) is 17.0 Å². The van der Waals surface area contributed by atoms with Crippen molar-refractivity contribution in [3.63, 3.8) is 0 Å². The Balaban J connectivity index is 1.86. The second-order valence-corrected chi connectivity index (χ2v) is 5.64. The van der Waals surface area contributed by atoms with Gasteiger partial charge < -0.3 is 9.26 Å². The van der Waals surface area contributed by atoms with Crippen LogP contribution in [0.5, 0.6) is 5.75 Å². The number of nitrogens with zero attached hydrogens (tertiary/aromatic N) is 2. The Kier molecular flexibility index (Phi) is 4.99. The predicted octanol–water partition coefficient (Wildman–Crippen LogP) is 5.50. The van der Waals surface area contributed by atoms with E-state index in [4.69, 9.17) is 20.9 Å². The molecule has 0 bridgehead atoms. The van der Waals surface area contributed by atoms with Crippen LogP contribution >= 0.6 is 11.6 Å². The molecule has 3 rings (SSSR count). The first-order valence-corrected chi connectivity index (χ1v) is 7.78. The zero-order valence-corrected chi connectivity index (χ0v) is 14.2. The van der Waals surface area contributed by atoms with Crippen LogP contribution < -0.4 is 4.74 Å². The van der Waals surface area contributed by atoms with E-state index in [9.17, 15) is 13.2 Å². The molecule has 0 radical (unpaired) electrons. The largest absolute Gasteiger partial charge is 0.496 e. The monoisotopic (exact) mass is 380 g/mol. The second kappa shape index (κ2) is 7.21. The third kappa shape index (κ3) is 3.88. The summed E-state index contributed by atoms with van der Waals surface area (Å²) in [5, 5.41) is 3.97. The number of rotatable bonds is 4. The molecule has 0 saturated carbocycles. The highest BCUT2D eigenvalue weighted by atomic mass is 35.5. The summed E-state index contributed by atoms with van der Waals surface area (Å²) in [5.74, 6) is 0.909. The highest BCUT2D eigenvalue weighted by molar-refractivity contribution is 6.50. The van der Waals surface area contributed by atoms with Crippen molar-refractivity contribution in [2.45, 2.75) is 6.18 Å². The van der Waals surface area contributed by atoms with Crippen molar-refractivity contribution in [2.75, 3.05) is 7.11 Å². The minimum absolute atomic E-state index is 0.0486. The molecule has 134 valence electrons. The van der Waals surface area contributed by atoms with E-state index < -0.39 is 11.7 Å². The van der Waals surface area contributed by atoms with Gasteiger partial charge in [0, 0.05) is 0 Å². The van der Waals surface area contributed by atoms with Gasteiger partial charge in [0.05, 0.1) is 18.2 Å². The highest BCUT2D eigenvalue weighted by Crippen LogP contribution is 2.31. The molecule has 0 aliphatic carbocycles. The van der Waals surface area contributed by atoms with Crippen LogP contribution in [0.25, 0.3) is 22.5 Å². The lowest BCUT2D eigenvalue weighted by Gasteiger charge is -2.05. The smallest absolute Gasteiger partial charge is 0.416 e. The van der Waals surface area contributed by atoms with Gasteiger partial charge in [-0.05, 0) is 35.9 Å². The first kappa shape index (κ1) is 18.0. The molecule has 0 atom stereocenters. The van der Waals surface area contributed by atoms with Crippen LogP contribution in [0, 0.1) is 0 Å². The molecule has 0 amide bonds. The average molecular weight is 381 g/mol. The molecule has 8 heteroatoms. The van der Waals surface area contributed by atoms with E-state index in [1.54, 1.807) is 24.3 Å². The molecular weight excluding hydrogens is 369 g/mol. The maximum Gasteiger partial charge on any atom is 0.416 e. The summed E-state index contributed by atoms with van der Waals surface area (Å²) >= 11 is 6.16. The molecule has 0 saturated heterocycles. The van der Waals surface area contributed by atoms with Crippen LogP contribution in [-0.2, 0) is 6.18 Å². The minimum Gasteiger partial charge on any atom is -0.496 e. The Morgan fingerprint density at radius 2 is 1.81 bits per heavy atom. The molecule has 0 spiro atoms. The van der Waals surface area contributed by atoms with Crippen molar-refractivity contribution >= 4 is 22.7 Å². The summed E-state index contributed by atoms with van der Waals surface area (Å²) in [6, 6.07) is 11.7. The van der Waals surface area contributed by atoms with Gasteiger partial charge in [0.1, 0.15) is 10.8 Å². The zero-order chi connectivity index (χ0) is 18.7. The molecule has 2 aromatic carbocycles. The van der Waals surface area contributed by atoms with Crippen molar-refractivity contribution in [1.29, 1.82) is 0 Å². The normalized spacial score (nSPS) is 12.3. The van der Waals surface area contributed by atoms with Gasteiger partial charge in [-0.15, -0.1) is 0 Å². The van der Waals surface area contributed by atoms with Gasteiger partial charge in [0.2, 0.25) is 5.82 Å². The maximum atomic E-state index is 12.6. The summed E-state index contributed by atoms with van der Waals surface area (Å²) < 4.78 is 48.1. The second-order valence-electron chi connectivity index (χ2n) is 5.24. The van der Waals surface area contributed by atoms with Crippen molar-refractivity contribution in [3.05, 3.63) is 65.5 Å². The first-order chi connectivity index (χ1) is 12.4. The minimum atomic E-state index is -4.39. The number of methoxy groups -OCH3 is 1. The summed E-state index contributed by atoms with van der Waals surface area (Å²) in [6.45, 7) is 0. The van der Waals surface area contributed by atoms with E-state index in [-0.39, 0.29) is 16.7 Å². The van der Waals surface area contributed by atoms with Crippen LogP contribution in [-0.4, -0.2) is 17.3 Å². The fourth-order valence-electron chi connectivity index (χ4n) is 2.24. The highest BCUT2D eigenvalue weighted by Gasteiger charge is 2.29. The lowest BCUT2D eigenvalue weighted by atomic mass is 10.1.